The fourth-order valence-electron chi connectivity index (χ4n) is 2.05. The monoisotopic (exact) mass is 277 g/mol. The first-order chi connectivity index (χ1) is 9.65. The van der Waals surface area contributed by atoms with E-state index >= 15 is 0 Å². The molecule has 2 nitrogen and oxygen atoms in total. The quantitative estimate of drug-likeness (QED) is 0.898. The standard InChI is InChI=1S/C16H17F2NO/c1-3-19-10-12-8-13(20-2)5-6-14(12)11-4-7-15(17)16(18)9-11/h4-9,19H,3,10H2,1-2H3. The van der Waals surface area contributed by atoms with Crippen LogP contribution in [0.4, 0.5) is 8.78 Å². The van der Waals surface area contributed by atoms with Gasteiger partial charge in [-0.15, -0.1) is 0 Å². The van der Waals surface area contributed by atoms with Gasteiger partial charge in [0.2, 0.25) is 0 Å². The number of hydrogen-bond donors (Lipinski definition) is 1. The zero-order valence-corrected chi connectivity index (χ0v) is 11.5. The number of benzene rings is 2. The molecule has 2 rings (SSSR count). The molecule has 0 spiro atoms. The lowest BCUT2D eigenvalue weighted by atomic mass is 9.99. The van der Waals surface area contributed by atoms with Gasteiger partial charge in [-0.1, -0.05) is 19.1 Å². The molecule has 0 aromatic heterocycles. The van der Waals surface area contributed by atoms with E-state index in [2.05, 4.69) is 5.32 Å². The van der Waals surface area contributed by atoms with Gasteiger partial charge in [0.15, 0.2) is 11.6 Å². The van der Waals surface area contributed by atoms with Crippen LogP contribution in [0, 0.1) is 11.6 Å². The van der Waals surface area contributed by atoms with E-state index in [-0.39, 0.29) is 0 Å². The van der Waals surface area contributed by atoms with Crippen molar-refractivity contribution in [2.45, 2.75) is 13.5 Å². The number of methoxy groups -OCH3 is 1. The zero-order chi connectivity index (χ0) is 14.5. The molecule has 106 valence electrons. The molecule has 0 fully saturated rings. The molecule has 0 radical (unpaired) electrons. The lowest BCUT2D eigenvalue weighted by molar-refractivity contribution is 0.414. The van der Waals surface area contributed by atoms with Gasteiger partial charge in [-0.05, 0) is 47.5 Å². The molecule has 1 N–H and O–H groups in total. The summed E-state index contributed by atoms with van der Waals surface area (Å²) in [5, 5.41) is 3.23. The van der Waals surface area contributed by atoms with Gasteiger partial charge in [-0.25, -0.2) is 8.78 Å². The van der Waals surface area contributed by atoms with Crippen LogP contribution in [0.5, 0.6) is 5.75 Å². The van der Waals surface area contributed by atoms with E-state index < -0.39 is 11.6 Å². The Morgan fingerprint density at radius 1 is 1.05 bits per heavy atom. The van der Waals surface area contributed by atoms with Crippen LogP contribution in [-0.4, -0.2) is 13.7 Å². The molecule has 2 aromatic rings. The summed E-state index contributed by atoms with van der Waals surface area (Å²) in [6.45, 7) is 3.48. The molecule has 0 bridgehead atoms. The molecule has 0 atom stereocenters. The molecule has 2 aromatic carbocycles. The highest BCUT2D eigenvalue weighted by Gasteiger charge is 2.09. The molecule has 0 saturated carbocycles. The van der Waals surface area contributed by atoms with Gasteiger partial charge in [0.25, 0.3) is 0 Å². The maximum atomic E-state index is 13.4. The Hall–Kier alpha value is -1.94. The number of nitrogens with one attached hydrogen (secondary N) is 1. The fraction of sp³-hybridized carbons (Fsp3) is 0.250. The second-order valence-electron chi connectivity index (χ2n) is 4.43. The van der Waals surface area contributed by atoms with E-state index in [1.54, 1.807) is 13.2 Å². The van der Waals surface area contributed by atoms with E-state index in [1.807, 2.05) is 25.1 Å². The maximum absolute atomic E-state index is 13.4. The predicted molar refractivity (Wildman–Crippen MR) is 75.7 cm³/mol. The van der Waals surface area contributed by atoms with Gasteiger partial charge >= 0.3 is 0 Å². The van der Waals surface area contributed by atoms with Crippen LogP contribution >= 0.6 is 0 Å². The smallest absolute Gasteiger partial charge is 0.159 e. The van der Waals surface area contributed by atoms with Crippen LogP contribution in [-0.2, 0) is 6.54 Å². The van der Waals surface area contributed by atoms with Gasteiger partial charge in [0.05, 0.1) is 7.11 Å². The van der Waals surface area contributed by atoms with E-state index in [0.29, 0.717) is 12.1 Å². The molecule has 4 heteroatoms. The van der Waals surface area contributed by atoms with Crippen LogP contribution < -0.4 is 10.1 Å². The Kier molecular flexibility index (Phi) is 4.69. The molecule has 0 aliphatic heterocycles. The first-order valence-corrected chi connectivity index (χ1v) is 6.48. The lowest BCUT2D eigenvalue weighted by Gasteiger charge is -2.12. The molecule has 0 aliphatic carbocycles. The van der Waals surface area contributed by atoms with E-state index in [4.69, 9.17) is 4.74 Å². The third-order valence-corrected chi connectivity index (χ3v) is 3.11. The molecule has 20 heavy (non-hydrogen) atoms. The van der Waals surface area contributed by atoms with Crippen molar-refractivity contribution < 1.29 is 13.5 Å². The SMILES string of the molecule is CCNCc1cc(OC)ccc1-c1ccc(F)c(F)c1. The largest absolute Gasteiger partial charge is 0.497 e. The summed E-state index contributed by atoms with van der Waals surface area (Å²) in [4.78, 5) is 0. The summed E-state index contributed by atoms with van der Waals surface area (Å²) < 4.78 is 31.6. The molecule has 0 unspecified atom stereocenters. The summed E-state index contributed by atoms with van der Waals surface area (Å²) in [6, 6.07) is 9.51. The Bertz CT molecular complexity index is 599. The second-order valence-corrected chi connectivity index (χ2v) is 4.43. The summed E-state index contributed by atoms with van der Waals surface area (Å²) in [7, 11) is 1.60. The Labute approximate surface area is 117 Å². The van der Waals surface area contributed by atoms with E-state index in [9.17, 15) is 8.78 Å². The minimum Gasteiger partial charge on any atom is -0.497 e. The van der Waals surface area contributed by atoms with Crippen molar-refractivity contribution in [3.63, 3.8) is 0 Å². The van der Waals surface area contributed by atoms with Gasteiger partial charge in [-0.2, -0.15) is 0 Å². The molecule has 0 heterocycles. The van der Waals surface area contributed by atoms with Crippen molar-refractivity contribution in [1.29, 1.82) is 0 Å². The van der Waals surface area contributed by atoms with Gasteiger partial charge < -0.3 is 10.1 Å². The van der Waals surface area contributed by atoms with Gasteiger partial charge in [-0.3, -0.25) is 0 Å². The molecule has 0 aliphatic rings. The Morgan fingerprint density at radius 3 is 2.50 bits per heavy atom. The van der Waals surface area contributed by atoms with Crippen molar-refractivity contribution in [1.82, 2.24) is 5.32 Å². The van der Waals surface area contributed by atoms with Crippen LogP contribution in [0.25, 0.3) is 11.1 Å². The molecular formula is C16H17F2NO. The van der Waals surface area contributed by atoms with Crippen LogP contribution in [0.3, 0.4) is 0 Å². The zero-order valence-electron chi connectivity index (χ0n) is 11.5. The van der Waals surface area contributed by atoms with Crippen LogP contribution in [0.2, 0.25) is 0 Å². The third kappa shape index (κ3) is 3.14. The maximum Gasteiger partial charge on any atom is 0.159 e. The third-order valence-electron chi connectivity index (χ3n) is 3.11. The first-order valence-electron chi connectivity index (χ1n) is 6.48. The van der Waals surface area contributed by atoms with Crippen LogP contribution in [0.1, 0.15) is 12.5 Å². The normalized spacial score (nSPS) is 10.6. The number of ether oxygens (including phenoxy) is 1. The van der Waals surface area contributed by atoms with E-state index in [0.717, 1.165) is 29.5 Å². The van der Waals surface area contributed by atoms with Crippen molar-refractivity contribution >= 4 is 0 Å². The highest BCUT2D eigenvalue weighted by atomic mass is 19.2. The van der Waals surface area contributed by atoms with Crippen molar-refractivity contribution in [2.75, 3.05) is 13.7 Å². The minimum atomic E-state index is -0.840. The lowest BCUT2D eigenvalue weighted by Crippen LogP contribution is -2.12. The Morgan fingerprint density at radius 2 is 1.85 bits per heavy atom. The molecule has 0 amide bonds. The van der Waals surface area contributed by atoms with E-state index in [1.165, 1.54) is 6.07 Å². The van der Waals surface area contributed by atoms with Gasteiger partial charge in [0.1, 0.15) is 5.75 Å². The first kappa shape index (κ1) is 14.5. The number of hydrogen-bond acceptors (Lipinski definition) is 2. The molecular weight excluding hydrogens is 260 g/mol. The summed E-state index contributed by atoms with van der Waals surface area (Å²) >= 11 is 0. The van der Waals surface area contributed by atoms with Crippen molar-refractivity contribution in [3.05, 3.63) is 53.6 Å². The predicted octanol–water partition coefficient (Wildman–Crippen LogP) is 3.75. The van der Waals surface area contributed by atoms with Gasteiger partial charge in [0, 0.05) is 6.54 Å². The Balaban J connectivity index is 2.45. The summed E-state index contributed by atoms with van der Waals surface area (Å²) in [5.74, 6) is -0.938. The number of rotatable bonds is 5. The van der Waals surface area contributed by atoms with Crippen molar-refractivity contribution in [2.24, 2.45) is 0 Å². The summed E-state index contributed by atoms with van der Waals surface area (Å²) in [6.07, 6.45) is 0. The second kappa shape index (κ2) is 6.48. The van der Waals surface area contributed by atoms with Crippen LogP contribution in [0.15, 0.2) is 36.4 Å². The minimum absolute atomic E-state index is 0.641. The average molecular weight is 277 g/mol. The highest BCUT2D eigenvalue weighted by Crippen LogP contribution is 2.28. The fourth-order valence-corrected chi connectivity index (χ4v) is 2.05. The molecule has 0 saturated heterocycles. The average Bonchev–Trinajstić information content (AvgIpc) is 2.47. The highest BCUT2D eigenvalue weighted by molar-refractivity contribution is 5.68. The number of halogens is 2. The topological polar surface area (TPSA) is 21.3 Å². The van der Waals surface area contributed by atoms with Crippen molar-refractivity contribution in [3.8, 4) is 16.9 Å². The summed E-state index contributed by atoms with van der Waals surface area (Å²) in [5.41, 5.74) is 2.50.